The molecule has 0 aromatic rings. The van der Waals surface area contributed by atoms with Gasteiger partial charge in [-0.1, -0.05) is 41.0 Å². The Morgan fingerprint density at radius 1 is 0.769 bits per heavy atom. The quantitative estimate of drug-likeness (QED) is 0.298. The first-order chi connectivity index (χ1) is 12.7. The van der Waals surface area contributed by atoms with E-state index in [-0.39, 0.29) is 0 Å². The zero-order chi connectivity index (χ0) is 19.3. The Hall–Kier alpha value is 0.274. The van der Waals surface area contributed by atoms with E-state index in [1.165, 1.54) is 69.7 Å². The highest BCUT2D eigenvalue weighted by molar-refractivity contribution is 6.77. The van der Waals surface area contributed by atoms with E-state index in [0.29, 0.717) is 0 Å². The molecule has 1 aliphatic rings. The van der Waals surface area contributed by atoms with Crippen molar-refractivity contribution in [1.29, 1.82) is 0 Å². The van der Waals surface area contributed by atoms with Crippen LogP contribution in [-0.2, 0) is 8.85 Å². The molecule has 1 heterocycles. The summed E-state index contributed by atoms with van der Waals surface area (Å²) in [5.41, 5.74) is 0. The Morgan fingerprint density at radius 2 is 1.31 bits per heavy atom. The second-order valence-corrected chi connectivity index (χ2v) is 15.1. The monoisotopic (exact) mass is 402 g/mol. The van der Waals surface area contributed by atoms with Crippen LogP contribution in [0, 0.1) is 0 Å². The van der Waals surface area contributed by atoms with Gasteiger partial charge in [-0.25, -0.2) is 0 Å². The van der Waals surface area contributed by atoms with Crippen LogP contribution in [0.3, 0.4) is 0 Å². The number of hydrogen-bond acceptors (Lipinski definition) is 4. The van der Waals surface area contributed by atoms with Gasteiger partial charge in [-0.15, -0.1) is 0 Å². The minimum Gasteiger partial charge on any atom is -0.397 e. The average Bonchev–Trinajstić information content (AvgIpc) is 2.69. The highest BCUT2D eigenvalue weighted by atomic mass is 28.3. The Bertz CT molecular complexity index is 320. The van der Waals surface area contributed by atoms with Crippen LogP contribution in [0.15, 0.2) is 0 Å². The summed E-state index contributed by atoms with van der Waals surface area (Å²) in [5, 5.41) is 0. The smallest absolute Gasteiger partial charge is 0.321 e. The first-order valence-corrected chi connectivity index (χ1v) is 15.7. The van der Waals surface area contributed by atoms with Crippen LogP contribution in [0.25, 0.3) is 0 Å². The first-order valence-electron chi connectivity index (χ1n) is 11.4. The molecule has 0 spiro atoms. The lowest BCUT2D eigenvalue weighted by molar-refractivity contribution is 0.177. The van der Waals surface area contributed by atoms with E-state index in [2.05, 4.69) is 44.1 Å². The van der Waals surface area contributed by atoms with Crippen molar-refractivity contribution in [3.05, 3.63) is 0 Å². The van der Waals surface area contributed by atoms with Crippen molar-refractivity contribution in [3.8, 4) is 0 Å². The van der Waals surface area contributed by atoms with Gasteiger partial charge in [0.05, 0.1) is 0 Å². The van der Waals surface area contributed by atoms with Gasteiger partial charge in [-0.05, 0) is 50.0 Å². The summed E-state index contributed by atoms with van der Waals surface area (Å²) in [7, 11) is -2.56. The van der Waals surface area contributed by atoms with Gasteiger partial charge in [0.25, 0.3) is 0 Å². The van der Waals surface area contributed by atoms with Gasteiger partial charge in [0.15, 0.2) is 0 Å². The third kappa shape index (κ3) is 8.11. The highest BCUT2D eigenvalue weighted by Crippen LogP contribution is 2.26. The normalized spacial score (nSPS) is 17.3. The van der Waals surface area contributed by atoms with Crippen molar-refractivity contribution in [1.82, 2.24) is 9.47 Å². The van der Waals surface area contributed by atoms with Gasteiger partial charge in [0.1, 0.15) is 8.24 Å². The molecule has 1 aliphatic heterocycles. The van der Waals surface area contributed by atoms with Crippen LogP contribution in [0.5, 0.6) is 0 Å². The molecule has 1 saturated heterocycles. The Morgan fingerprint density at radius 3 is 1.77 bits per heavy atom. The first kappa shape index (κ1) is 24.3. The molecular formula is C20H46N2O2Si2. The Balaban J connectivity index is 2.24. The summed E-state index contributed by atoms with van der Waals surface area (Å²) in [5.74, 6) is 0. The van der Waals surface area contributed by atoms with E-state index < -0.39 is 17.5 Å². The fourth-order valence-electron chi connectivity index (χ4n) is 4.23. The van der Waals surface area contributed by atoms with E-state index in [1.807, 2.05) is 0 Å². The summed E-state index contributed by atoms with van der Waals surface area (Å²) >= 11 is 0. The van der Waals surface area contributed by atoms with E-state index in [4.69, 9.17) is 8.85 Å². The number of rotatable bonds is 15. The van der Waals surface area contributed by atoms with Gasteiger partial charge in [0.2, 0.25) is 0 Å². The second kappa shape index (κ2) is 14.3. The maximum absolute atomic E-state index is 5.97. The molecule has 0 radical (unpaired) electrons. The molecule has 0 amide bonds. The number of hydrogen-bond donors (Lipinski definition) is 0. The molecule has 0 aromatic carbocycles. The van der Waals surface area contributed by atoms with Gasteiger partial charge >= 0.3 is 9.28 Å². The fourth-order valence-corrected chi connectivity index (χ4v) is 10.3. The molecule has 0 bridgehead atoms. The summed E-state index contributed by atoms with van der Waals surface area (Å²) in [6.07, 6.45) is 4.76. The van der Waals surface area contributed by atoms with Crippen molar-refractivity contribution in [2.45, 2.75) is 84.5 Å². The predicted octanol–water partition coefficient (Wildman–Crippen LogP) is 4.46. The molecule has 6 heteroatoms. The van der Waals surface area contributed by atoms with Crippen LogP contribution < -0.4 is 0 Å². The van der Waals surface area contributed by atoms with Gasteiger partial charge in [-0.2, -0.15) is 0 Å². The summed E-state index contributed by atoms with van der Waals surface area (Å²) in [6.45, 7) is 19.8. The second-order valence-electron chi connectivity index (χ2n) is 7.78. The standard InChI is InChI=1S/C20H46N2O2Si2/c1-6-18-23-25(24-19-7-2)20-12-11-13-21-14-16-22(17-15-21)26(8-3,9-4)10-5/h25H,6-20H2,1-5H3. The van der Waals surface area contributed by atoms with Crippen molar-refractivity contribution < 1.29 is 8.85 Å². The van der Waals surface area contributed by atoms with Crippen LogP contribution in [-0.4, -0.2) is 72.9 Å². The molecule has 0 aliphatic carbocycles. The van der Waals surface area contributed by atoms with Gasteiger partial charge in [-0.3, -0.25) is 0 Å². The molecule has 1 fully saturated rings. The largest absolute Gasteiger partial charge is 0.397 e. The van der Waals surface area contributed by atoms with Crippen molar-refractivity contribution in [3.63, 3.8) is 0 Å². The zero-order valence-electron chi connectivity index (χ0n) is 18.4. The Kier molecular flexibility index (Phi) is 13.4. The summed E-state index contributed by atoms with van der Waals surface area (Å²) in [6, 6.07) is 5.43. The number of piperazine rings is 1. The van der Waals surface area contributed by atoms with Gasteiger partial charge < -0.3 is 18.3 Å². The lowest BCUT2D eigenvalue weighted by atomic mass is 10.3. The lowest BCUT2D eigenvalue weighted by Crippen LogP contribution is -2.59. The van der Waals surface area contributed by atoms with Crippen LogP contribution >= 0.6 is 0 Å². The van der Waals surface area contributed by atoms with Crippen molar-refractivity contribution in [2.24, 2.45) is 0 Å². The minimum absolute atomic E-state index is 0.875. The molecule has 0 unspecified atom stereocenters. The molecule has 156 valence electrons. The van der Waals surface area contributed by atoms with E-state index in [0.717, 1.165) is 26.1 Å². The molecular weight excluding hydrogens is 356 g/mol. The summed E-state index contributed by atoms with van der Waals surface area (Å²) < 4.78 is 14.9. The number of unbranched alkanes of at least 4 members (excludes halogenated alkanes) is 1. The minimum atomic E-state index is -1.41. The number of nitrogens with zero attached hydrogens (tertiary/aromatic N) is 2. The van der Waals surface area contributed by atoms with Crippen molar-refractivity contribution >= 4 is 17.5 Å². The maximum atomic E-state index is 5.97. The Labute approximate surface area is 166 Å². The molecule has 0 N–H and O–H groups in total. The molecule has 1 rings (SSSR count). The summed E-state index contributed by atoms with van der Waals surface area (Å²) in [4.78, 5) is 2.69. The fraction of sp³-hybridized carbons (Fsp3) is 1.00. The topological polar surface area (TPSA) is 24.9 Å². The zero-order valence-corrected chi connectivity index (χ0v) is 20.5. The predicted molar refractivity (Wildman–Crippen MR) is 119 cm³/mol. The third-order valence-corrected chi connectivity index (χ3v) is 14.0. The molecule has 4 nitrogen and oxygen atoms in total. The van der Waals surface area contributed by atoms with Crippen LogP contribution in [0.4, 0.5) is 0 Å². The molecule has 26 heavy (non-hydrogen) atoms. The van der Waals surface area contributed by atoms with Crippen molar-refractivity contribution in [2.75, 3.05) is 45.9 Å². The van der Waals surface area contributed by atoms with E-state index in [9.17, 15) is 0 Å². The van der Waals surface area contributed by atoms with Crippen LogP contribution in [0.1, 0.15) is 60.3 Å². The SMILES string of the molecule is CCCO[SiH](CCCCN1CCN([Si](CC)(CC)CC)CC1)OCCC. The molecule has 0 aromatic heterocycles. The third-order valence-electron chi connectivity index (χ3n) is 6.20. The van der Waals surface area contributed by atoms with Gasteiger partial charge in [0, 0.05) is 39.4 Å². The van der Waals surface area contributed by atoms with E-state index in [1.54, 1.807) is 0 Å². The maximum Gasteiger partial charge on any atom is 0.321 e. The van der Waals surface area contributed by atoms with E-state index >= 15 is 0 Å². The average molecular weight is 403 g/mol. The lowest BCUT2D eigenvalue weighted by Gasteiger charge is -2.46. The molecule has 0 saturated carbocycles. The van der Waals surface area contributed by atoms with Crippen LogP contribution in [0.2, 0.25) is 24.2 Å². The molecule has 0 atom stereocenters. The highest BCUT2D eigenvalue weighted by Gasteiger charge is 2.35.